The molecule has 32 heavy (non-hydrogen) atoms. The van der Waals surface area contributed by atoms with Crippen LogP contribution in [0.5, 0.6) is 0 Å². The molecule has 0 bridgehead atoms. The number of fused-ring (bicyclic) bond motifs is 5. The lowest BCUT2D eigenvalue weighted by atomic mass is 9.93. The van der Waals surface area contributed by atoms with Crippen molar-refractivity contribution in [3.05, 3.63) is 94.5 Å². The number of nitrogens with one attached hydrogen (secondary N) is 2. The number of allylic oxidation sites excluding steroid dienone is 3. The minimum absolute atomic E-state index is 0.766. The van der Waals surface area contributed by atoms with Gasteiger partial charge in [0.15, 0.2) is 0 Å². The number of pyridine rings is 2. The molecule has 0 unspecified atom stereocenters. The van der Waals surface area contributed by atoms with Crippen LogP contribution in [0, 0.1) is 0 Å². The van der Waals surface area contributed by atoms with Gasteiger partial charge in [-0.15, -0.1) is 0 Å². The third-order valence-corrected chi connectivity index (χ3v) is 6.25. The van der Waals surface area contributed by atoms with E-state index in [0.717, 1.165) is 70.7 Å². The fraction of sp³-hybridized carbons (Fsp3) is 0.192. The molecule has 0 saturated heterocycles. The lowest BCUT2D eigenvalue weighted by molar-refractivity contribution is 0.860. The zero-order chi connectivity index (χ0) is 21.8. The first kappa shape index (κ1) is 20.6. The minimum atomic E-state index is 0.766. The Kier molecular flexibility index (Phi) is 6.12. The zero-order valence-electron chi connectivity index (χ0n) is 17.7. The van der Waals surface area contributed by atoms with E-state index in [1.54, 1.807) is 0 Å². The van der Waals surface area contributed by atoms with Crippen LogP contribution in [0.25, 0.3) is 11.1 Å². The van der Waals surface area contributed by atoms with Crippen molar-refractivity contribution >= 4 is 44.4 Å². The quantitative estimate of drug-likeness (QED) is 0.467. The van der Waals surface area contributed by atoms with Crippen molar-refractivity contribution < 1.29 is 0 Å². The van der Waals surface area contributed by atoms with Crippen molar-refractivity contribution in [1.82, 2.24) is 15.3 Å². The van der Waals surface area contributed by atoms with Crippen molar-refractivity contribution in [2.75, 3.05) is 11.9 Å². The molecule has 1 aromatic carbocycles. The largest absolute Gasteiger partial charge is 0.350 e. The molecule has 0 amide bonds. The van der Waals surface area contributed by atoms with Gasteiger partial charge in [-0.1, -0.05) is 34.1 Å². The second-order valence-corrected chi connectivity index (χ2v) is 8.78. The van der Waals surface area contributed by atoms with Crippen LogP contribution in [0.1, 0.15) is 36.0 Å². The summed E-state index contributed by atoms with van der Waals surface area (Å²) in [6.45, 7) is 0.766. The number of halogens is 1. The molecule has 0 spiro atoms. The third-order valence-electron chi connectivity index (χ3n) is 5.72. The van der Waals surface area contributed by atoms with Gasteiger partial charge < -0.3 is 10.6 Å². The van der Waals surface area contributed by atoms with Crippen molar-refractivity contribution in [3.8, 4) is 0 Å². The highest BCUT2D eigenvalue weighted by Gasteiger charge is 2.22. The molecule has 0 aliphatic carbocycles. The number of benzene rings is 1. The SMILES string of the molecule is Brc1ccc(CCN=C2CCCC=C3/C(=C\N2)c2ccncc2Nc2ncccc23)cc1. The van der Waals surface area contributed by atoms with Gasteiger partial charge in [-0.2, -0.15) is 0 Å². The Bertz CT molecular complexity index is 1210. The van der Waals surface area contributed by atoms with Crippen LogP contribution in [-0.2, 0) is 6.42 Å². The Morgan fingerprint density at radius 2 is 1.91 bits per heavy atom. The summed E-state index contributed by atoms with van der Waals surface area (Å²) in [5, 5.41) is 6.99. The third kappa shape index (κ3) is 4.50. The maximum Gasteiger partial charge on any atom is 0.138 e. The predicted molar refractivity (Wildman–Crippen MR) is 135 cm³/mol. The average Bonchev–Trinajstić information content (AvgIpc) is 2.86. The topological polar surface area (TPSA) is 62.2 Å². The lowest BCUT2D eigenvalue weighted by Crippen LogP contribution is -2.18. The number of amidine groups is 1. The summed E-state index contributed by atoms with van der Waals surface area (Å²) in [5.41, 5.74) is 6.78. The van der Waals surface area contributed by atoms with E-state index in [9.17, 15) is 0 Å². The van der Waals surface area contributed by atoms with Crippen molar-refractivity contribution in [2.45, 2.75) is 25.7 Å². The van der Waals surface area contributed by atoms with Gasteiger partial charge in [0.1, 0.15) is 11.7 Å². The Labute approximate surface area is 196 Å². The number of hydrogen-bond acceptors (Lipinski definition) is 4. The molecule has 4 heterocycles. The van der Waals surface area contributed by atoms with Gasteiger partial charge in [0.25, 0.3) is 0 Å². The Morgan fingerprint density at radius 1 is 1.00 bits per heavy atom. The molecular formula is C26H24BrN5. The predicted octanol–water partition coefficient (Wildman–Crippen LogP) is 6.14. The van der Waals surface area contributed by atoms with Crippen LogP contribution in [0.4, 0.5) is 11.5 Å². The van der Waals surface area contributed by atoms with Crippen molar-refractivity contribution in [1.29, 1.82) is 0 Å². The summed E-state index contributed by atoms with van der Waals surface area (Å²) >= 11 is 3.49. The maximum absolute atomic E-state index is 4.89. The molecule has 5 nitrogen and oxygen atoms in total. The first-order chi connectivity index (χ1) is 15.8. The van der Waals surface area contributed by atoms with Gasteiger partial charge in [0, 0.05) is 52.7 Å². The van der Waals surface area contributed by atoms with E-state index in [1.165, 1.54) is 11.1 Å². The van der Waals surface area contributed by atoms with Crippen molar-refractivity contribution in [3.63, 3.8) is 0 Å². The molecule has 0 saturated carbocycles. The molecular weight excluding hydrogens is 462 g/mol. The molecule has 3 aromatic rings. The number of hydrogen-bond donors (Lipinski definition) is 2. The van der Waals surface area contributed by atoms with Crippen LogP contribution in [0.15, 0.2) is 82.8 Å². The number of anilines is 2. The molecule has 6 heteroatoms. The molecule has 0 radical (unpaired) electrons. The number of rotatable bonds is 3. The Balaban J connectivity index is 1.45. The van der Waals surface area contributed by atoms with E-state index >= 15 is 0 Å². The Morgan fingerprint density at radius 3 is 2.81 bits per heavy atom. The number of aromatic nitrogens is 2. The molecule has 0 fully saturated rings. The molecule has 2 aliphatic heterocycles. The maximum atomic E-state index is 4.89. The smallest absolute Gasteiger partial charge is 0.138 e. The van der Waals surface area contributed by atoms with Crippen LogP contribution in [0.2, 0.25) is 0 Å². The highest BCUT2D eigenvalue weighted by atomic mass is 79.9. The molecule has 5 rings (SSSR count). The van der Waals surface area contributed by atoms with Gasteiger partial charge in [-0.25, -0.2) is 4.98 Å². The van der Waals surface area contributed by atoms with E-state index in [1.807, 2.05) is 24.7 Å². The summed E-state index contributed by atoms with van der Waals surface area (Å²) in [7, 11) is 0. The lowest BCUT2D eigenvalue weighted by Gasteiger charge is -2.12. The fourth-order valence-electron chi connectivity index (χ4n) is 4.08. The summed E-state index contributed by atoms with van der Waals surface area (Å²) in [5.74, 6) is 1.89. The van der Waals surface area contributed by atoms with E-state index in [-0.39, 0.29) is 0 Å². The second-order valence-electron chi connectivity index (χ2n) is 7.86. The molecule has 160 valence electrons. The van der Waals surface area contributed by atoms with E-state index < -0.39 is 0 Å². The highest BCUT2D eigenvalue weighted by Crippen LogP contribution is 2.42. The van der Waals surface area contributed by atoms with Crippen molar-refractivity contribution in [2.24, 2.45) is 4.99 Å². The Hall–Kier alpha value is -3.25. The number of aliphatic imine (C=N–C) groups is 1. The molecule has 2 N–H and O–H groups in total. The normalized spacial score (nSPS) is 18.1. The minimum Gasteiger partial charge on any atom is -0.350 e. The van der Waals surface area contributed by atoms with Gasteiger partial charge >= 0.3 is 0 Å². The van der Waals surface area contributed by atoms with Gasteiger partial charge in [-0.3, -0.25) is 9.98 Å². The monoisotopic (exact) mass is 485 g/mol. The first-order valence-corrected chi connectivity index (χ1v) is 11.7. The second kappa shape index (κ2) is 9.49. The van der Waals surface area contributed by atoms with Crippen LogP contribution in [0.3, 0.4) is 0 Å². The summed E-state index contributed by atoms with van der Waals surface area (Å²) in [6, 6.07) is 14.6. The number of nitrogens with zero attached hydrogens (tertiary/aromatic N) is 3. The van der Waals surface area contributed by atoms with Gasteiger partial charge in [0.2, 0.25) is 0 Å². The first-order valence-electron chi connectivity index (χ1n) is 10.9. The van der Waals surface area contributed by atoms with E-state index in [2.05, 4.69) is 85.2 Å². The standard InChI is InChI=1S/C26H24BrN5/c27-19-9-7-18(8-10-19)11-15-29-25-6-2-1-4-20-22-5-3-13-30-26(22)32-24-17-28-14-12-21(24)23(20)16-31-25/h3-5,7-10,12-14,16-17H,1-2,6,11,15H2,(H,29,31)(H,30,32)/b20-4?,23-16+. The summed E-state index contributed by atoms with van der Waals surface area (Å²) in [4.78, 5) is 13.8. The zero-order valence-corrected chi connectivity index (χ0v) is 19.3. The molecule has 0 atom stereocenters. The van der Waals surface area contributed by atoms with Crippen LogP contribution < -0.4 is 10.6 Å². The van der Waals surface area contributed by atoms with Gasteiger partial charge in [0.05, 0.1) is 11.9 Å². The van der Waals surface area contributed by atoms with E-state index in [4.69, 9.17) is 4.99 Å². The summed E-state index contributed by atoms with van der Waals surface area (Å²) in [6.07, 6.45) is 13.8. The molecule has 2 aromatic heterocycles. The highest BCUT2D eigenvalue weighted by molar-refractivity contribution is 9.10. The van der Waals surface area contributed by atoms with Gasteiger partial charge in [-0.05, 0) is 60.7 Å². The fourth-order valence-corrected chi connectivity index (χ4v) is 4.35. The average molecular weight is 486 g/mol. The summed E-state index contributed by atoms with van der Waals surface area (Å²) < 4.78 is 1.10. The van der Waals surface area contributed by atoms with Crippen LogP contribution >= 0.6 is 15.9 Å². The van der Waals surface area contributed by atoms with E-state index in [0.29, 0.717) is 0 Å². The van der Waals surface area contributed by atoms with Crippen LogP contribution in [-0.4, -0.2) is 22.3 Å². The molecule has 2 aliphatic rings.